The van der Waals surface area contributed by atoms with E-state index in [-0.39, 0.29) is 6.10 Å². The van der Waals surface area contributed by atoms with Crippen LogP contribution in [-0.4, -0.2) is 24.4 Å². The molecule has 4 saturated carbocycles. The lowest BCUT2D eigenvalue weighted by Crippen LogP contribution is -2.54. The number of hydrogen-bond acceptors (Lipinski definition) is 2. The van der Waals surface area contributed by atoms with Gasteiger partial charge in [-0.3, -0.25) is 0 Å². The average Bonchev–Trinajstić information content (AvgIpc) is 3.03. The van der Waals surface area contributed by atoms with E-state index in [0.29, 0.717) is 22.9 Å². The Morgan fingerprint density at radius 1 is 0.931 bits per heavy atom. The fourth-order valence-electron chi connectivity index (χ4n) is 8.92. The van der Waals surface area contributed by atoms with Gasteiger partial charge in [0.2, 0.25) is 0 Å². The van der Waals surface area contributed by atoms with Gasteiger partial charge in [-0.25, -0.2) is 0 Å². The molecular formula is C27H48O2. The molecule has 4 aliphatic rings. The van der Waals surface area contributed by atoms with Crippen LogP contribution in [0.3, 0.4) is 0 Å². The minimum Gasteiger partial charge on any atom is -0.393 e. The van der Waals surface area contributed by atoms with Crippen LogP contribution in [0, 0.1) is 46.3 Å². The molecule has 0 spiro atoms. The second-order valence-electron chi connectivity index (χ2n) is 12.4. The van der Waals surface area contributed by atoms with Crippen molar-refractivity contribution in [1.82, 2.24) is 0 Å². The number of ether oxygens (including phenoxy) is 1. The number of hydrogen-bond donors (Lipinski definition) is 1. The van der Waals surface area contributed by atoms with E-state index in [9.17, 15) is 5.11 Å². The lowest BCUT2D eigenvalue weighted by Gasteiger charge is -2.61. The number of rotatable bonds is 6. The van der Waals surface area contributed by atoms with Crippen LogP contribution in [0.25, 0.3) is 0 Å². The average molecular weight is 405 g/mol. The summed E-state index contributed by atoms with van der Waals surface area (Å²) in [5, 5.41) is 10.2. The molecule has 0 heterocycles. The normalized spacial score (nSPS) is 48.1. The van der Waals surface area contributed by atoms with Crippen molar-refractivity contribution < 1.29 is 9.84 Å². The highest BCUT2D eigenvalue weighted by atomic mass is 16.5. The molecule has 9 unspecified atom stereocenters. The first-order chi connectivity index (χ1) is 13.8. The van der Waals surface area contributed by atoms with Crippen molar-refractivity contribution in [2.45, 2.75) is 117 Å². The van der Waals surface area contributed by atoms with Gasteiger partial charge in [0.1, 0.15) is 0 Å². The van der Waals surface area contributed by atoms with Crippen molar-refractivity contribution in [3.8, 4) is 0 Å². The summed E-state index contributed by atoms with van der Waals surface area (Å²) < 4.78 is 5.77. The SMILES string of the molecule is COC1CCC2(C)C(CCC3C4CCC(CCCC(O)C(C)C)C4(C)CCC32)C1. The molecule has 4 rings (SSSR count). The Hall–Kier alpha value is -0.0800. The Morgan fingerprint density at radius 2 is 1.66 bits per heavy atom. The monoisotopic (exact) mass is 404 g/mol. The maximum absolute atomic E-state index is 10.2. The van der Waals surface area contributed by atoms with Gasteiger partial charge in [-0.1, -0.05) is 34.1 Å². The minimum absolute atomic E-state index is 0.104. The summed E-state index contributed by atoms with van der Waals surface area (Å²) in [6, 6.07) is 0. The third kappa shape index (κ3) is 3.84. The molecule has 0 aromatic carbocycles. The summed E-state index contributed by atoms with van der Waals surface area (Å²) in [5.41, 5.74) is 1.16. The van der Waals surface area contributed by atoms with E-state index in [1.54, 1.807) is 0 Å². The van der Waals surface area contributed by atoms with Crippen LogP contribution >= 0.6 is 0 Å². The molecule has 0 aromatic heterocycles. The van der Waals surface area contributed by atoms with E-state index < -0.39 is 0 Å². The van der Waals surface area contributed by atoms with Gasteiger partial charge in [0, 0.05) is 7.11 Å². The maximum atomic E-state index is 10.2. The maximum Gasteiger partial charge on any atom is 0.0574 e. The lowest BCUT2D eigenvalue weighted by molar-refractivity contribution is -0.130. The van der Waals surface area contributed by atoms with Gasteiger partial charge in [0.25, 0.3) is 0 Å². The quantitative estimate of drug-likeness (QED) is 0.524. The van der Waals surface area contributed by atoms with Gasteiger partial charge in [-0.15, -0.1) is 0 Å². The van der Waals surface area contributed by atoms with E-state index in [2.05, 4.69) is 27.7 Å². The molecule has 0 aromatic rings. The molecule has 4 aliphatic carbocycles. The van der Waals surface area contributed by atoms with E-state index in [1.165, 1.54) is 70.6 Å². The first kappa shape index (κ1) is 22.1. The molecule has 1 N–H and O–H groups in total. The van der Waals surface area contributed by atoms with Crippen LogP contribution in [0.5, 0.6) is 0 Å². The second kappa shape index (κ2) is 8.45. The summed E-state index contributed by atoms with van der Waals surface area (Å²) in [5.74, 6) is 5.14. The van der Waals surface area contributed by atoms with Crippen molar-refractivity contribution in [3.63, 3.8) is 0 Å². The lowest BCUT2D eigenvalue weighted by atomic mass is 9.44. The van der Waals surface area contributed by atoms with Gasteiger partial charge >= 0.3 is 0 Å². The van der Waals surface area contributed by atoms with Crippen molar-refractivity contribution in [3.05, 3.63) is 0 Å². The molecule has 4 fully saturated rings. The van der Waals surface area contributed by atoms with Crippen molar-refractivity contribution in [2.75, 3.05) is 7.11 Å². The fraction of sp³-hybridized carbons (Fsp3) is 1.00. The van der Waals surface area contributed by atoms with Gasteiger partial charge in [0.15, 0.2) is 0 Å². The van der Waals surface area contributed by atoms with Crippen LogP contribution in [0.15, 0.2) is 0 Å². The Labute approximate surface area is 180 Å². The van der Waals surface area contributed by atoms with Crippen LogP contribution in [0.2, 0.25) is 0 Å². The molecular weight excluding hydrogens is 356 g/mol. The van der Waals surface area contributed by atoms with Gasteiger partial charge in [0.05, 0.1) is 12.2 Å². The predicted molar refractivity (Wildman–Crippen MR) is 121 cm³/mol. The summed E-state index contributed by atoms with van der Waals surface area (Å²) in [6.45, 7) is 9.63. The number of methoxy groups -OCH3 is 1. The molecule has 0 bridgehead atoms. The van der Waals surface area contributed by atoms with Crippen LogP contribution in [-0.2, 0) is 4.74 Å². The summed E-state index contributed by atoms with van der Waals surface area (Å²) >= 11 is 0. The molecule has 2 heteroatoms. The van der Waals surface area contributed by atoms with Crippen molar-refractivity contribution >= 4 is 0 Å². The number of fused-ring (bicyclic) bond motifs is 5. The molecule has 29 heavy (non-hydrogen) atoms. The summed E-state index contributed by atoms with van der Waals surface area (Å²) in [7, 11) is 1.92. The van der Waals surface area contributed by atoms with Crippen LogP contribution in [0.1, 0.15) is 105 Å². The van der Waals surface area contributed by atoms with E-state index in [1.807, 2.05) is 7.11 Å². The van der Waals surface area contributed by atoms with Gasteiger partial charge < -0.3 is 9.84 Å². The Kier molecular flexibility index (Phi) is 6.45. The molecule has 168 valence electrons. The standard InChI is InChI=1S/C27H48O2/c1-18(2)25(28)8-6-7-19-10-12-23-22-11-9-20-17-21(29-5)13-15-27(20,4)24(22)14-16-26(19,23)3/h18-25,28H,6-17H2,1-5H3. The fourth-order valence-corrected chi connectivity index (χ4v) is 8.92. The first-order valence-electron chi connectivity index (χ1n) is 13.0. The Bertz CT molecular complexity index is 559. The highest BCUT2D eigenvalue weighted by Gasteiger charge is 2.59. The molecule has 9 atom stereocenters. The van der Waals surface area contributed by atoms with E-state index in [4.69, 9.17) is 4.74 Å². The van der Waals surface area contributed by atoms with Crippen LogP contribution < -0.4 is 0 Å². The van der Waals surface area contributed by atoms with Gasteiger partial charge in [-0.2, -0.15) is 0 Å². The molecule has 0 saturated heterocycles. The minimum atomic E-state index is -0.104. The Balaban J connectivity index is 1.41. The third-order valence-electron chi connectivity index (χ3n) is 11.0. The van der Waals surface area contributed by atoms with E-state index in [0.717, 1.165) is 36.0 Å². The first-order valence-corrected chi connectivity index (χ1v) is 13.0. The smallest absolute Gasteiger partial charge is 0.0574 e. The molecule has 0 amide bonds. The van der Waals surface area contributed by atoms with Gasteiger partial charge in [-0.05, 0) is 117 Å². The van der Waals surface area contributed by atoms with E-state index >= 15 is 0 Å². The zero-order chi connectivity index (χ0) is 20.8. The van der Waals surface area contributed by atoms with Crippen molar-refractivity contribution in [1.29, 1.82) is 0 Å². The second-order valence-corrected chi connectivity index (χ2v) is 12.4. The topological polar surface area (TPSA) is 29.5 Å². The highest BCUT2D eigenvalue weighted by molar-refractivity contribution is 5.09. The number of aliphatic hydroxyl groups is 1. The zero-order valence-corrected chi connectivity index (χ0v) is 20.0. The highest BCUT2D eigenvalue weighted by Crippen LogP contribution is 2.68. The summed E-state index contributed by atoms with van der Waals surface area (Å²) in [4.78, 5) is 0. The molecule has 2 nitrogen and oxygen atoms in total. The zero-order valence-electron chi connectivity index (χ0n) is 20.0. The van der Waals surface area contributed by atoms with Crippen LogP contribution in [0.4, 0.5) is 0 Å². The largest absolute Gasteiger partial charge is 0.393 e. The third-order valence-corrected chi connectivity index (χ3v) is 11.0. The number of aliphatic hydroxyl groups excluding tert-OH is 1. The predicted octanol–water partition coefficient (Wildman–Crippen LogP) is 6.85. The Morgan fingerprint density at radius 3 is 2.38 bits per heavy atom. The van der Waals surface area contributed by atoms with Crippen molar-refractivity contribution in [2.24, 2.45) is 46.3 Å². The molecule has 0 radical (unpaired) electrons. The summed E-state index contributed by atoms with van der Waals surface area (Å²) in [6.07, 6.45) is 16.8. The molecule has 0 aliphatic heterocycles.